The molecule has 2 N–H and O–H groups in total. The third-order valence-electron chi connectivity index (χ3n) is 2.35. The number of rotatable bonds is 4. The lowest BCUT2D eigenvalue weighted by molar-refractivity contribution is 0.638. The van der Waals surface area contributed by atoms with Gasteiger partial charge in [-0.2, -0.15) is 0 Å². The highest BCUT2D eigenvalue weighted by Crippen LogP contribution is 2.25. The van der Waals surface area contributed by atoms with E-state index in [1.807, 2.05) is 25.2 Å². The van der Waals surface area contributed by atoms with Gasteiger partial charge in [0.1, 0.15) is 0 Å². The van der Waals surface area contributed by atoms with E-state index in [2.05, 4.69) is 28.6 Å². The van der Waals surface area contributed by atoms with Crippen LogP contribution in [0, 0.1) is 0 Å². The van der Waals surface area contributed by atoms with Crippen molar-refractivity contribution < 1.29 is 0 Å². The molecule has 0 amide bonds. The number of anilines is 1. The predicted octanol–water partition coefficient (Wildman–Crippen LogP) is 2.32. The Morgan fingerprint density at radius 3 is 2.93 bits per heavy atom. The largest absolute Gasteiger partial charge is 0.360 e. The van der Waals surface area contributed by atoms with Gasteiger partial charge >= 0.3 is 0 Å². The van der Waals surface area contributed by atoms with E-state index in [0.29, 0.717) is 6.04 Å². The molecular weight excluding hydrogens is 206 g/mol. The monoisotopic (exact) mass is 221 g/mol. The van der Waals surface area contributed by atoms with Gasteiger partial charge in [0, 0.05) is 12.6 Å². The van der Waals surface area contributed by atoms with Crippen LogP contribution in [0.2, 0.25) is 0 Å². The van der Waals surface area contributed by atoms with Crippen LogP contribution in [-0.2, 0) is 0 Å². The SMILES string of the molecule is CNC(C)CNc1nc2ccccc2s1. The first-order valence-corrected chi connectivity index (χ1v) is 5.88. The van der Waals surface area contributed by atoms with Crippen molar-refractivity contribution >= 4 is 26.7 Å². The van der Waals surface area contributed by atoms with Crippen molar-refractivity contribution in [3.05, 3.63) is 24.3 Å². The molecule has 2 rings (SSSR count). The highest BCUT2D eigenvalue weighted by atomic mass is 32.1. The quantitative estimate of drug-likeness (QED) is 0.832. The summed E-state index contributed by atoms with van der Waals surface area (Å²) in [5.74, 6) is 0. The zero-order valence-electron chi connectivity index (χ0n) is 8.95. The summed E-state index contributed by atoms with van der Waals surface area (Å²) in [6.45, 7) is 3.04. The lowest BCUT2D eigenvalue weighted by Gasteiger charge is -2.09. The van der Waals surface area contributed by atoms with E-state index in [1.54, 1.807) is 11.3 Å². The molecule has 1 aromatic heterocycles. The Bertz CT molecular complexity index is 405. The summed E-state index contributed by atoms with van der Waals surface area (Å²) in [5.41, 5.74) is 1.07. The van der Waals surface area contributed by atoms with Crippen molar-refractivity contribution in [1.82, 2.24) is 10.3 Å². The molecule has 0 saturated carbocycles. The van der Waals surface area contributed by atoms with Crippen molar-refractivity contribution in [3.63, 3.8) is 0 Å². The number of hydrogen-bond acceptors (Lipinski definition) is 4. The van der Waals surface area contributed by atoms with Crippen LogP contribution in [0.1, 0.15) is 6.92 Å². The highest BCUT2D eigenvalue weighted by Gasteiger charge is 2.03. The Balaban J connectivity index is 2.09. The number of aromatic nitrogens is 1. The molecule has 1 unspecified atom stereocenters. The molecule has 0 aliphatic rings. The number of benzene rings is 1. The first kappa shape index (κ1) is 10.4. The van der Waals surface area contributed by atoms with E-state index in [9.17, 15) is 0 Å². The second-order valence-electron chi connectivity index (χ2n) is 3.56. The van der Waals surface area contributed by atoms with Crippen LogP contribution < -0.4 is 10.6 Å². The van der Waals surface area contributed by atoms with Crippen molar-refractivity contribution in [2.75, 3.05) is 18.9 Å². The molecule has 3 nitrogen and oxygen atoms in total. The van der Waals surface area contributed by atoms with Gasteiger partial charge < -0.3 is 10.6 Å². The van der Waals surface area contributed by atoms with E-state index in [-0.39, 0.29) is 0 Å². The Hall–Kier alpha value is -1.13. The lowest BCUT2D eigenvalue weighted by Crippen LogP contribution is -2.29. The number of para-hydroxylation sites is 1. The fraction of sp³-hybridized carbons (Fsp3) is 0.364. The summed E-state index contributed by atoms with van der Waals surface area (Å²) in [6, 6.07) is 8.65. The van der Waals surface area contributed by atoms with Crippen molar-refractivity contribution in [3.8, 4) is 0 Å². The fourth-order valence-electron chi connectivity index (χ4n) is 1.29. The number of fused-ring (bicyclic) bond motifs is 1. The molecule has 1 aromatic carbocycles. The van der Waals surface area contributed by atoms with E-state index < -0.39 is 0 Å². The summed E-state index contributed by atoms with van der Waals surface area (Å²) in [6.07, 6.45) is 0. The van der Waals surface area contributed by atoms with Gasteiger partial charge in [-0.3, -0.25) is 0 Å². The molecule has 1 heterocycles. The van der Waals surface area contributed by atoms with Crippen molar-refractivity contribution in [1.29, 1.82) is 0 Å². The molecule has 1 atom stereocenters. The molecule has 4 heteroatoms. The summed E-state index contributed by atoms with van der Waals surface area (Å²) in [4.78, 5) is 4.50. The normalized spacial score (nSPS) is 12.9. The molecule has 0 aliphatic carbocycles. The first-order valence-electron chi connectivity index (χ1n) is 5.06. The Kier molecular flexibility index (Phi) is 3.18. The maximum atomic E-state index is 4.50. The molecule has 0 spiro atoms. The molecule has 0 saturated heterocycles. The van der Waals surface area contributed by atoms with E-state index >= 15 is 0 Å². The van der Waals surface area contributed by atoms with Crippen LogP contribution in [0.3, 0.4) is 0 Å². The maximum Gasteiger partial charge on any atom is 0.183 e. The number of nitrogens with one attached hydrogen (secondary N) is 2. The van der Waals surface area contributed by atoms with Gasteiger partial charge in [-0.15, -0.1) is 0 Å². The van der Waals surface area contributed by atoms with Crippen LogP contribution in [0.5, 0.6) is 0 Å². The minimum Gasteiger partial charge on any atom is -0.360 e. The Morgan fingerprint density at radius 1 is 1.40 bits per heavy atom. The molecule has 0 radical (unpaired) electrons. The molecule has 2 aromatic rings. The van der Waals surface area contributed by atoms with Crippen LogP contribution in [-0.4, -0.2) is 24.6 Å². The van der Waals surface area contributed by atoms with Crippen LogP contribution in [0.4, 0.5) is 5.13 Å². The summed E-state index contributed by atoms with van der Waals surface area (Å²) in [5, 5.41) is 7.51. The first-order chi connectivity index (χ1) is 7.29. The molecule has 0 fully saturated rings. The Labute approximate surface area is 93.5 Å². The minimum atomic E-state index is 0.456. The minimum absolute atomic E-state index is 0.456. The molecular formula is C11H15N3S. The summed E-state index contributed by atoms with van der Waals surface area (Å²) in [7, 11) is 1.96. The van der Waals surface area contributed by atoms with Crippen LogP contribution in [0.15, 0.2) is 24.3 Å². The third kappa shape index (κ3) is 2.46. The van der Waals surface area contributed by atoms with Gasteiger partial charge in [-0.1, -0.05) is 23.5 Å². The second-order valence-corrected chi connectivity index (χ2v) is 4.59. The van der Waals surface area contributed by atoms with E-state index in [4.69, 9.17) is 0 Å². The van der Waals surface area contributed by atoms with Gasteiger partial charge in [0.15, 0.2) is 5.13 Å². The van der Waals surface area contributed by atoms with Gasteiger partial charge in [-0.25, -0.2) is 4.98 Å². The average molecular weight is 221 g/mol. The van der Waals surface area contributed by atoms with Gasteiger partial charge in [0.2, 0.25) is 0 Å². The van der Waals surface area contributed by atoms with Gasteiger partial charge in [-0.05, 0) is 26.1 Å². The summed E-state index contributed by atoms with van der Waals surface area (Å²) >= 11 is 1.70. The van der Waals surface area contributed by atoms with E-state index in [1.165, 1.54) is 4.70 Å². The van der Waals surface area contributed by atoms with Crippen molar-refractivity contribution in [2.45, 2.75) is 13.0 Å². The predicted molar refractivity (Wildman–Crippen MR) is 66.6 cm³/mol. The topological polar surface area (TPSA) is 37.0 Å². The molecule has 0 bridgehead atoms. The average Bonchev–Trinajstić information content (AvgIpc) is 2.68. The second kappa shape index (κ2) is 4.59. The lowest BCUT2D eigenvalue weighted by atomic mass is 10.3. The zero-order valence-corrected chi connectivity index (χ0v) is 9.77. The number of thiazole rings is 1. The highest BCUT2D eigenvalue weighted by molar-refractivity contribution is 7.22. The van der Waals surface area contributed by atoms with Crippen molar-refractivity contribution in [2.24, 2.45) is 0 Å². The zero-order chi connectivity index (χ0) is 10.7. The van der Waals surface area contributed by atoms with Crippen LogP contribution in [0.25, 0.3) is 10.2 Å². The molecule has 0 aliphatic heterocycles. The van der Waals surface area contributed by atoms with Gasteiger partial charge in [0.05, 0.1) is 10.2 Å². The Morgan fingerprint density at radius 2 is 2.20 bits per heavy atom. The standard InChI is InChI=1S/C11H15N3S/c1-8(12-2)7-13-11-14-9-5-3-4-6-10(9)15-11/h3-6,8,12H,7H2,1-2H3,(H,13,14). The fourth-order valence-corrected chi connectivity index (χ4v) is 2.16. The summed E-state index contributed by atoms with van der Waals surface area (Å²) < 4.78 is 1.23. The number of nitrogens with zero attached hydrogens (tertiary/aromatic N) is 1. The smallest absolute Gasteiger partial charge is 0.183 e. The third-order valence-corrected chi connectivity index (χ3v) is 3.34. The molecule has 80 valence electrons. The maximum absolute atomic E-state index is 4.50. The van der Waals surface area contributed by atoms with Crippen LogP contribution >= 0.6 is 11.3 Å². The number of likely N-dealkylation sites (N-methyl/N-ethyl adjacent to an activating group) is 1. The van der Waals surface area contributed by atoms with Gasteiger partial charge in [0.25, 0.3) is 0 Å². The molecule has 15 heavy (non-hydrogen) atoms. The number of hydrogen-bond donors (Lipinski definition) is 2. The van der Waals surface area contributed by atoms with E-state index in [0.717, 1.165) is 17.2 Å².